The standard InChI is InChI=1S/C11H20BrNO/c1-3-9(4-5-12)7-13-11(14)10-6-8(10)2/h8-10H,3-7H2,1-2H3,(H,13,14). The highest BCUT2D eigenvalue weighted by atomic mass is 79.9. The number of amides is 1. The minimum atomic E-state index is 0.269. The van der Waals surface area contributed by atoms with E-state index in [1.54, 1.807) is 0 Å². The molecule has 3 unspecified atom stereocenters. The molecule has 1 N–H and O–H groups in total. The fraction of sp³-hybridized carbons (Fsp3) is 0.909. The summed E-state index contributed by atoms with van der Waals surface area (Å²) in [4.78, 5) is 11.5. The van der Waals surface area contributed by atoms with Gasteiger partial charge in [-0.15, -0.1) is 0 Å². The van der Waals surface area contributed by atoms with E-state index in [4.69, 9.17) is 0 Å². The molecule has 0 bridgehead atoms. The molecule has 0 aromatic heterocycles. The van der Waals surface area contributed by atoms with E-state index in [1.807, 2.05) is 0 Å². The smallest absolute Gasteiger partial charge is 0.223 e. The Labute approximate surface area is 95.0 Å². The molecule has 1 aliphatic carbocycles. The number of carbonyl (C=O) groups is 1. The van der Waals surface area contributed by atoms with E-state index in [1.165, 1.54) is 0 Å². The molecule has 1 amide bonds. The Hall–Kier alpha value is -0.0500. The molecular formula is C11H20BrNO. The third kappa shape index (κ3) is 3.60. The van der Waals surface area contributed by atoms with Crippen LogP contribution in [0.4, 0.5) is 0 Å². The van der Waals surface area contributed by atoms with Crippen molar-refractivity contribution < 1.29 is 4.79 Å². The number of rotatable bonds is 6. The van der Waals surface area contributed by atoms with Gasteiger partial charge in [0.25, 0.3) is 0 Å². The number of hydrogen-bond donors (Lipinski definition) is 1. The van der Waals surface area contributed by atoms with Crippen LogP contribution in [0, 0.1) is 17.8 Å². The molecule has 0 saturated heterocycles. The number of hydrogen-bond acceptors (Lipinski definition) is 1. The normalized spacial score (nSPS) is 27.1. The lowest BCUT2D eigenvalue weighted by atomic mass is 10.0. The lowest BCUT2D eigenvalue weighted by molar-refractivity contribution is -0.122. The quantitative estimate of drug-likeness (QED) is 0.732. The van der Waals surface area contributed by atoms with E-state index >= 15 is 0 Å². The topological polar surface area (TPSA) is 29.1 Å². The SMILES string of the molecule is CCC(CCBr)CNC(=O)C1CC1C. The van der Waals surface area contributed by atoms with Crippen molar-refractivity contribution in [3.63, 3.8) is 0 Å². The van der Waals surface area contributed by atoms with Gasteiger partial charge in [-0.05, 0) is 24.7 Å². The van der Waals surface area contributed by atoms with Crippen LogP contribution in [0.2, 0.25) is 0 Å². The van der Waals surface area contributed by atoms with Crippen LogP contribution in [0.3, 0.4) is 0 Å². The molecule has 2 nitrogen and oxygen atoms in total. The molecule has 0 spiro atoms. The third-order valence-corrected chi connectivity index (χ3v) is 3.56. The second kappa shape index (κ2) is 5.74. The van der Waals surface area contributed by atoms with Crippen molar-refractivity contribution >= 4 is 21.8 Å². The van der Waals surface area contributed by atoms with Gasteiger partial charge < -0.3 is 5.32 Å². The lowest BCUT2D eigenvalue weighted by Gasteiger charge is -2.14. The summed E-state index contributed by atoms with van der Waals surface area (Å²) in [5.41, 5.74) is 0. The average molecular weight is 262 g/mol. The molecule has 0 heterocycles. The van der Waals surface area contributed by atoms with Crippen LogP contribution in [-0.4, -0.2) is 17.8 Å². The van der Waals surface area contributed by atoms with Gasteiger partial charge in [0.1, 0.15) is 0 Å². The summed E-state index contributed by atoms with van der Waals surface area (Å²) in [5.74, 6) is 1.83. The average Bonchev–Trinajstić information content (AvgIpc) is 2.89. The zero-order chi connectivity index (χ0) is 10.6. The molecule has 1 fully saturated rings. The van der Waals surface area contributed by atoms with E-state index in [0.717, 1.165) is 31.1 Å². The summed E-state index contributed by atoms with van der Waals surface area (Å²) in [6.45, 7) is 5.17. The summed E-state index contributed by atoms with van der Waals surface area (Å²) in [7, 11) is 0. The van der Waals surface area contributed by atoms with Crippen LogP contribution < -0.4 is 5.32 Å². The van der Waals surface area contributed by atoms with Crippen molar-refractivity contribution in [3.8, 4) is 0 Å². The maximum Gasteiger partial charge on any atom is 0.223 e. The van der Waals surface area contributed by atoms with Crippen molar-refractivity contribution in [1.29, 1.82) is 0 Å². The van der Waals surface area contributed by atoms with Crippen LogP contribution in [0.15, 0.2) is 0 Å². The number of halogens is 1. The van der Waals surface area contributed by atoms with Gasteiger partial charge in [-0.25, -0.2) is 0 Å². The van der Waals surface area contributed by atoms with Crippen molar-refractivity contribution in [2.24, 2.45) is 17.8 Å². The zero-order valence-electron chi connectivity index (χ0n) is 9.05. The predicted molar refractivity (Wildman–Crippen MR) is 62.5 cm³/mol. The summed E-state index contributed by atoms with van der Waals surface area (Å²) in [6, 6.07) is 0. The first-order valence-corrected chi connectivity index (χ1v) is 6.64. The van der Waals surface area contributed by atoms with Crippen molar-refractivity contribution in [2.75, 3.05) is 11.9 Å². The number of alkyl halides is 1. The molecule has 1 rings (SSSR count). The van der Waals surface area contributed by atoms with Crippen molar-refractivity contribution in [1.82, 2.24) is 5.32 Å². The molecule has 1 saturated carbocycles. The highest BCUT2D eigenvalue weighted by molar-refractivity contribution is 9.09. The largest absolute Gasteiger partial charge is 0.356 e. The number of nitrogens with one attached hydrogen (secondary N) is 1. The van der Waals surface area contributed by atoms with Crippen LogP contribution >= 0.6 is 15.9 Å². The first kappa shape index (κ1) is 12.0. The minimum Gasteiger partial charge on any atom is -0.356 e. The van der Waals surface area contributed by atoms with Crippen LogP contribution in [-0.2, 0) is 4.79 Å². The van der Waals surface area contributed by atoms with Crippen LogP contribution in [0.25, 0.3) is 0 Å². The monoisotopic (exact) mass is 261 g/mol. The fourth-order valence-corrected chi connectivity index (χ4v) is 2.32. The highest BCUT2D eigenvalue weighted by Crippen LogP contribution is 2.37. The summed E-state index contributed by atoms with van der Waals surface area (Å²) in [6.07, 6.45) is 3.38. The molecule has 3 heteroatoms. The Morgan fingerprint density at radius 2 is 2.29 bits per heavy atom. The van der Waals surface area contributed by atoms with Crippen molar-refractivity contribution in [3.05, 3.63) is 0 Å². The summed E-state index contributed by atoms with van der Waals surface area (Å²) in [5, 5.41) is 4.08. The maximum absolute atomic E-state index is 11.5. The lowest BCUT2D eigenvalue weighted by Crippen LogP contribution is -2.30. The molecule has 0 radical (unpaired) electrons. The van der Waals surface area contributed by atoms with Gasteiger partial charge in [0, 0.05) is 17.8 Å². The molecule has 14 heavy (non-hydrogen) atoms. The molecular weight excluding hydrogens is 242 g/mol. The van der Waals surface area contributed by atoms with Gasteiger partial charge in [-0.1, -0.05) is 36.2 Å². The molecule has 0 aliphatic heterocycles. The van der Waals surface area contributed by atoms with Gasteiger partial charge in [-0.2, -0.15) is 0 Å². The van der Waals surface area contributed by atoms with Crippen molar-refractivity contribution in [2.45, 2.75) is 33.1 Å². The maximum atomic E-state index is 11.5. The highest BCUT2D eigenvalue weighted by Gasteiger charge is 2.38. The Kier molecular flexibility index (Phi) is 4.93. The fourth-order valence-electron chi connectivity index (χ4n) is 1.67. The van der Waals surface area contributed by atoms with Gasteiger partial charge in [0.05, 0.1) is 0 Å². The van der Waals surface area contributed by atoms with Gasteiger partial charge >= 0.3 is 0 Å². The molecule has 3 atom stereocenters. The van der Waals surface area contributed by atoms with Gasteiger partial charge in [-0.3, -0.25) is 4.79 Å². The van der Waals surface area contributed by atoms with E-state index < -0.39 is 0 Å². The second-order valence-electron chi connectivity index (χ2n) is 4.32. The third-order valence-electron chi connectivity index (χ3n) is 3.11. The summed E-state index contributed by atoms with van der Waals surface area (Å²) >= 11 is 3.44. The van der Waals surface area contributed by atoms with E-state index in [9.17, 15) is 4.79 Å². The van der Waals surface area contributed by atoms with Crippen LogP contribution in [0.1, 0.15) is 33.1 Å². The minimum absolute atomic E-state index is 0.269. The molecule has 0 aromatic carbocycles. The van der Waals surface area contributed by atoms with Crippen LogP contribution in [0.5, 0.6) is 0 Å². The second-order valence-corrected chi connectivity index (χ2v) is 5.11. The first-order chi connectivity index (χ1) is 6.69. The zero-order valence-corrected chi connectivity index (χ0v) is 10.6. The van der Waals surface area contributed by atoms with E-state index in [-0.39, 0.29) is 5.91 Å². The van der Waals surface area contributed by atoms with E-state index in [2.05, 4.69) is 35.1 Å². The first-order valence-electron chi connectivity index (χ1n) is 5.52. The predicted octanol–water partition coefficient (Wildman–Crippen LogP) is 2.57. The Bertz CT molecular complexity index is 196. The Morgan fingerprint density at radius 1 is 1.64 bits per heavy atom. The molecule has 82 valence electrons. The number of carbonyl (C=O) groups excluding carboxylic acids is 1. The van der Waals surface area contributed by atoms with Gasteiger partial charge in [0.15, 0.2) is 0 Å². The summed E-state index contributed by atoms with van der Waals surface area (Å²) < 4.78 is 0. The Morgan fingerprint density at radius 3 is 2.71 bits per heavy atom. The van der Waals surface area contributed by atoms with Gasteiger partial charge in [0.2, 0.25) is 5.91 Å². The molecule has 1 aliphatic rings. The molecule has 0 aromatic rings. The van der Waals surface area contributed by atoms with E-state index in [0.29, 0.717) is 17.8 Å². The Balaban J connectivity index is 2.14.